The summed E-state index contributed by atoms with van der Waals surface area (Å²) in [6.45, 7) is 1.34. The van der Waals surface area contributed by atoms with Gasteiger partial charge < -0.3 is 4.74 Å². The zero-order valence-electron chi connectivity index (χ0n) is 5.17. The van der Waals surface area contributed by atoms with Gasteiger partial charge in [0.25, 0.3) is 12.7 Å². The van der Waals surface area contributed by atoms with Gasteiger partial charge in [0.05, 0.1) is 0 Å². The van der Waals surface area contributed by atoms with Gasteiger partial charge in [-0.2, -0.15) is 0 Å². The molecule has 56 valence electrons. The largest absolute Gasteiger partial charge is 0.429 e. The van der Waals surface area contributed by atoms with E-state index in [-0.39, 0.29) is 5.71 Å². The third-order valence-electron chi connectivity index (χ3n) is 1.06. The van der Waals surface area contributed by atoms with Gasteiger partial charge in [0, 0.05) is 0 Å². The summed E-state index contributed by atoms with van der Waals surface area (Å²) in [6, 6.07) is 0. The second kappa shape index (κ2) is 2.32. The highest BCUT2D eigenvalue weighted by Crippen LogP contribution is 2.13. The van der Waals surface area contributed by atoms with Crippen LogP contribution in [-0.4, -0.2) is 24.3 Å². The lowest BCUT2D eigenvalue weighted by molar-refractivity contribution is -0.144. The van der Waals surface area contributed by atoms with E-state index in [1.165, 1.54) is 6.92 Å². The molecule has 3 nitrogen and oxygen atoms in total. The molecule has 0 bridgehead atoms. The number of nitrogens with zero attached hydrogens (tertiary/aromatic N) is 1. The zero-order valence-corrected chi connectivity index (χ0v) is 5.17. The van der Waals surface area contributed by atoms with Crippen LogP contribution in [0, 0.1) is 0 Å². The molecule has 1 aliphatic heterocycles. The van der Waals surface area contributed by atoms with Gasteiger partial charge >= 0.3 is 5.97 Å². The Hall–Kier alpha value is -1.00. The Morgan fingerprint density at radius 1 is 1.70 bits per heavy atom. The smallest absolute Gasteiger partial charge is 0.354 e. The Bertz CT molecular complexity index is 190. The van der Waals surface area contributed by atoms with Crippen LogP contribution in [0.2, 0.25) is 0 Å². The fourth-order valence-electron chi connectivity index (χ4n) is 0.573. The second-order valence-corrected chi connectivity index (χ2v) is 1.84. The van der Waals surface area contributed by atoms with Gasteiger partial charge in [0.15, 0.2) is 0 Å². The zero-order chi connectivity index (χ0) is 7.72. The minimum atomic E-state index is -2.72. The van der Waals surface area contributed by atoms with E-state index in [1.54, 1.807) is 0 Å². The van der Waals surface area contributed by atoms with E-state index >= 15 is 0 Å². The number of rotatable bonds is 1. The van der Waals surface area contributed by atoms with Crippen molar-refractivity contribution in [3.8, 4) is 0 Å². The van der Waals surface area contributed by atoms with E-state index in [9.17, 15) is 13.6 Å². The van der Waals surface area contributed by atoms with Crippen LogP contribution in [0.5, 0.6) is 0 Å². The van der Waals surface area contributed by atoms with Gasteiger partial charge in [0.1, 0.15) is 5.71 Å². The average molecular weight is 149 g/mol. The Balaban J connectivity index is 2.65. The van der Waals surface area contributed by atoms with Crippen molar-refractivity contribution in [2.45, 2.75) is 19.6 Å². The van der Waals surface area contributed by atoms with Crippen molar-refractivity contribution in [1.82, 2.24) is 0 Å². The maximum atomic E-state index is 11.7. The molecule has 0 aliphatic carbocycles. The summed E-state index contributed by atoms with van der Waals surface area (Å²) < 4.78 is 27.5. The Labute approximate surface area is 55.7 Å². The first-order valence-corrected chi connectivity index (χ1v) is 2.65. The van der Waals surface area contributed by atoms with Crippen LogP contribution in [0.1, 0.15) is 6.92 Å². The van der Waals surface area contributed by atoms with E-state index < -0.39 is 18.6 Å². The number of cyclic esters (lactones) is 1. The van der Waals surface area contributed by atoms with Crippen LogP contribution >= 0.6 is 0 Å². The number of carbonyl (C=O) groups excluding carboxylic acids is 1. The topological polar surface area (TPSA) is 38.7 Å². The van der Waals surface area contributed by atoms with E-state index in [1.807, 2.05) is 0 Å². The molecule has 0 saturated heterocycles. The molecule has 0 aromatic carbocycles. The van der Waals surface area contributed by atoms with Gasteiger partial charge in [-0.1, -0.05) is 0 Å². The summed E-state index contributed by atoms with van der Waals surface area (Å²) in [4.78, 5) is 13.7. The molecule has 0 amide bonds. The number of carbonyl (C=O) groups is 1. The van der Waals surface area contributed by atoms with Crippen molar-refractivity contribution in [2.24, 2.45) is 4.99 Å². The first-order chi connectivity index (χ1) is 4.61. The van der Waals surface area contributed by atoms with Gasteiger partial charge in [-0.25, -0.2) is 18.6 Å². The molecular weight excluding hydrogens is 144 g/mol. The highest BCUT2D eigenvalue weighted by atomic mass is 19.3. The van der Waals surface area contributed by atoms with Crippen molar-refractivity contribution in [2.75, 3.05) is 0 Å². The monoisotopic (exact) mass is 149 g/mol. The number of halogens is 2. The number of alkyl halides is 2. The summed E-state index contributed by atoms with van der Waals surface area (Å²) >= 11 is 0. The van der Waals surface area contributed by atoms with Gasteiger partial charge in [-0.05, 0) is 6.92 Å². The molecule has 0 spiro atoms. The lowest BCUT2D eigenvalue weighted by atomic mass is 10.4. The fourth-order valence-corrected chi connectivity index (χ4v) is 0.573. The van der Waals surface area contributed by atoms with Crippen molar-refractivity contribution in [1.29, 1.82) is 0 Å². The molecule has 1 heterocycles. The first kappa shape index (κ1) is 7.11. The number of hydrogen-bond donors (Lipinski definition) is 0. The second-order valence-electron chi connectivity index (χ2n) is 1.84. The number of esters is 1. The van der Waals surface area contributed by atoms with Gasteiger partial charge in [-0.15, -0.1) is 0 Å². The lowest BCUT2D eigenvalue weighted by Crippen LogP contribution is -2.17. The van der Waals surface area contributed by atoms with Crippen molar-refractivity contribution >= 4 is 11.7 Å². The third kappa shape index (κ3) is 1.12. The van der Waals surface area contributed by atoms with Crippen molar-refractivity contribution in [3.05, 3.63) is 0 Å². The van der Waals surface area contributed by atoms with Crippen molar-refractivity contribution < 1.29 is 18.3 Å². The maximum Gasteiger partial charge on any atom is 0.354 e. The van der Waals surface area contributed by atoms with Crippen LogP contribution < -0.4 is 0 Å². The Morgan fingerprint density at radius 3 is 2.50 bits per heavy atom. The molecule has 1 atom stereocenters. The normalized spacial score (nSPS) is 25.0. The Morgan fingerprint density at radius 2 is 2.30 bits per heavy atom. The van der Waals surface area contributed by atoms with Crippen LogP contribution in [0.15, 0.2) is 4.99 Å². The van der Waals surface area contributed by atoms with Crippen LogP contribution in [0.4, 0.5) is 8.78 Å². The van der Waals surface area contributed by atoms with Crippen LogP contribution in [0.3, 0.4) is 0 Å². The summed E-state index contributed by atoms with van der Waals surface area (Å²) in [5, 5.41) is 0. The minimum absolute atomic E-state index is 0.00491. The SMILES string of the molecule is CC1=NC(C(F)F)OC1=O. The van der Waals surface area contributed by atoms with E-state index in [0.29, 0.717) is 0 Å². The third-order valence-corrected chi connectivity index (χ3v) is 1.06. The summed E-state index contributed by atoms with van der Waals surface area (Å²) in [7, 11) is 0. The number of aliphatic imine (C=N–C) groups is 1. The number of hydrogen-bond acceptors (Lipinski definition) is 3. The lowest BCUT2D eigenvalue weighted by Gasteiger charge is -2.02. The van der Waals surface area contributed by atoms with E-state index in [4.69, 9.17) is 0 Å². The van der Waals surface area contributed by atoms with Crippen LogP contribution in [0.25, 0.3) is 0 Å². The molecule has 10 heavy (non-hydrogen) atoms. The van der Waals surface area contributed by atoms with E-state index in [2.05, 4.69) is 9.73 Å². The molecule has 0 saturated carbocycles. The number of ether oxygens (including phenoxy) is 1. The summed E-state index contributed by atoms with van der Waals surface area (Å²) in [5.74, 6) is -0.759. The summed E-state index contributed by atoms with van der Waals surface area (Å²) in [5.41, 5.74) is 0.00491. The molecule has 1 unspecified atom stereocenters. The molecular formula is C5H5F2NO2. The average Bonchev–Trinajstić information content (AvgIpc) is 2.13. The van der Waals surface area contributed by atoms with Crippen LogP contribution in [-0.2, 0) is 9.53 Å². The molecule has 1 aliphatic rings. The first-order valence-electron chi connectivity index (χ1n) is 2.65. The molecule has 1 rings (SSSR count). The highest BCUT2D eigenvalue weighted by Gasteiger charge is 2.30. The molecule has 0 aromatic heterocycles. The van der Waals surface area contributed by atoms with Crippen molar-refractivity contribution in [3.63, 3.8) is 0 Å². The predicted octanol–water partition coefficient (Wildman–Crippen LogP) is 0.595. The predicted molar refractivity (Wildman–Crippen MR) is 29.0 cm³/mol. The minimum Gasteiger partial charge on any atom is -0.429 e. The molecule has 0 fully saturated rings. The van der Waals surface area contributed by atoms with Gasteiger partial charge in [0.2, 0.25) is 0 Å². The summed E-state index contributed by atoms with van der Waals surface area (Å²) in [6.07, 6.45) is -4.30. The molecule has 0 radical (unpaired) electrons. The standard InChI is InChI=1S/C5H5F2NO2/c1-2-5(9)10-4(8-2)3(6)7/h3-4H,1H3. The molecule has 0 N–H and O–H groups in total. The van der Waals surface area contributed by atoms with Gasteiger partial charge in [-0.3, -0.25) is 0 Å². The molecule has 5 heteroatoms. The quantitative estimate of drug-likeness (QED) is 0.512. The van der Waals surface area contributed by atoms with E-state index in [0.717, 1.165) is 0 Å². The Kier molecular flexibility index (Phi) is 1.65. The fraction of sp³-hybridized carbons (Fsp3) is 0.600. The highest BCUT2D eigenvalue weighted by molar-refractivity contribution is 6.36. The maximum absolute atomic E-state index is 11.7. The molecule has 0 aromatic rings.